The minimum atomic E-state index is -0.910. The average molecular weight is 479 g/mol. The number of thiazole rings is 1. The first kappa shape index (κ1) is 21.9. The summed E-state index contributed by atoms with van der Waals surface area (Å²) in [6.07, 6.45) is 4.63. The number of nitrogens with one attached hydrogen (secondary N) is 1. The van der Waals surface area contributed by atoms with Crippen molar-refractivity contribution in [3.05, 3.63) is 65.7 Å². The molecule has 1 saturated carbocycles. The van der Waals surface area contributed by atoms with Crippen LogP contribution in [0.25, 0.3) is 10.2 Å². The molecule has 1 aromatic heterocycles. The van der Waals surface area contributed by atoms with Crippen molar-refractivity contribution in [1.82, 2.24) is 4.98 Å². The van der Waals surface area contributed by atoms with Crippen LogP contribution in [0.2, 0.25) is 0 Å². The van der Waals surface area contributed by atoms with E-state index in [1.807, 2.05) is 55.5 Å². The third-order valence-corrected chi connectivity index (χ3v) is 8.54. The molecule has 3 aromatic rings. The number of carbonyl (C=O) groups excluding carboxylic acids is 2. The summed E-state index contributed by atoms with van der Waals surface area (Å²) in [5.74, 6) is -2.09. The van der Waals surface area contributed by atoms with Crippen LogP contribution in [0.1, 0.15) is 22.3 Å². The lowest BCUT2D eigenvalue weighted by Crippen LogP contribution is -2.36. The number of allylic oxidation sites excluding steroid dienone is 2. The number of hydrogen-bond acceptors (Lipinski definition) is 6. The predicted molar refractivity (Wildman–Crippen MR) is 130 cm³/mol. The van der Waals surface area contributed by atoms with Crippen LogP contribution in [-0.2, 0) is 9.59 Å². The smallest absolute Gasteiger partial charge is 0.307 e. The van der Waals surface area contributed by atoms with Crippen LogP contribution < -0.4 is 5.32 Å². The Morgan fingerprint density at radius 3 is 2.55 bits per heavy atom. The number of aryl methyl sites for hydroxylation is 1. The maximum atomic E-state index is 12.9. The van der Waals surface area contributed by atoms with E-state index in [4.69, 9.17) is 0 Å². The van der Waals surface area contributed by atoms with E-state index >= 15 is 0 Å². The molecule has 0 radical (unpaired) electrons. The summed E-state index contributed by atoms with van der Waals surface area (Å²) in [5, 5.41) is 12.5. The topological polar surface area (TPSA) is 96.4 Å². The van der Waals surface area contributed by atoms with Gasteiger partial charge in [0.2, 0.25) is 5.91 Å². The molecule has 4 atom stereocenters. The Labute approximate surface area is 199 Å². The molecule has 168 valence electrons. The largest absolute Gasteiger partial charge is 0.481 e. The number of fused-ring (bicyclic) bond motifs is 3. The van der Waals surface area contributed by atoms with E-state index < -0.39 is 17.8 Å². The fourth-order valence-electron chi connectivity index (χ4n) is 4.73. The summed E-state index contributed by atoms with van der Waals surface area (Å²) in [6.45, 7) is 1.99. The van der Waals surface area contributed by atoms with Crippen molar-refractivity contribution in [1.29, 1.82) is 0 Å². The summed E-state index contributed by atoms with van der Waals surface area (Å²) in [4.78, 5) is 41.7. The van der Waals surface area contributed by atoms with Gasteiger partial charge in [0.05, 0.1) is 27.8 Å². The van der Waals surface area contributed by atoms with Gasteiger partial charge in [-0.25, -0.2) is 4.98 Å². The molecular weight excluding hydrogens is 456 g/mol. The lowest BCUT2D eigenvalue weighted by molar-refractivity contribution is -0.146. The lowest BCUT2D eigenvalue weighted by Gasteiger charge is -2.23. The highest BCUT2D eigenvalue weighted by Crippen LogP contribution is 2.48. The second-order valence-electron chi connectivity index (χ2n) is 8.57. The van der Waals surface area contributed by atoms with Crippen molar-refractivity contribution in [2.45, 2.75) is 17.7 Å². The van der Waals surface area contributed by atoms with Crippen LogP contribution in [0.4, 0.5) is 5.69 Å². The zero-order valence-corrected chi connectivity index (χ0v) is 19.5. The Morgan fingerprint density at radius 1 is 1.09 bits per heavy atom. The number of rotatable bonds is 7. The van der Waals surface area contributed by atoms with Gasteiger partial charge in [-0.15, -0.1) is 11.3 Å². The Hall–Kier alpha value is -2.97. The Balaban J connectivity index is 1.26. The number of thioether (sulfide) groups is 1. The van der Waals surface area contributed by atoms with Crippen LogP contribution in [-0.4, -0.2) is 33.5 Å². The van der Waals surface area contributed by atoms with Gasteiger partial charge in [0.25, 0.3) is 0 Å². The lowest BCUT2D eigenvalue weighted by atomic mass is 9.82. The number of Topliss-reactive ketones (excluding diaryl/α,β-unsaturated/α-hetero) is 1. The van der Waals surface area contributed by atoms with Gasteiger partial charge in [0.1, 0.15) is 0 Å². The highest BCUT2D eigenvalue weighted by atomic mass is 32.2. The van der Waals surface area contributed by atoms with E-state index in [-0.39, 0.29) is 23.5 Å². The van der Waals surface area contributed by atoms with Crippen LogP contribution in [0.15, 0.2) is 59.0 Å². The second-order valence-corrected chi connectivity index (χ2v) is 10.8. The van der Waals surface area contributed by atoms with Gasteiger partial charge < -0.3 is 10.4 Å². The molecule has 33 heavy (non-hydrogen) atoms. The number of carbonyl (C=O) groups is 3. The second kappa shape index (κ2) is 8.76. The average Bonchev–Trinajstić information content (AvgIpc) is 3.51. The first-order valence-electron chi connectivity index (χ1n) is 10.7. The maximum absolute atomic E-state index is 12.9. The van der Waals surface area contributed by atoms with Gasteiger partial charge in [0, 0.05) is 11.3 Å². The first-order chi connectivity index (χ1) is 15.9. The van der Waals surface area contributed by atoms with E-state index in [0.29, 0.717) is 17.0 Å². The SMILES string of the molecule is Cc1ccc(C(=O)CSc2nc3ccc(NC(=O)[C@H]4[C@H](C(=O)O)[C@H]5C=C[C@H]4C5)cc3s2)cc1. The summed E-state index contributed by atoms with van der Waals surface area (Å²) in [5.41, 5.74) is 3.23. The molecule has 1 heterocycles. The number of benzene rings is 2. The normalized spacial score (nSPS) is 23.2. The van der Waals surface area contributed by atoms with Crippen LogP contribution in [0.3, 0.4) is 0 Å². The summed E-state index contributed by atoms with van der Waals surface area (Å²) in [7, 11) is 0. The van der Waals surface area contributed by atoms with Crippen LogP contribution in [0.5, 0.6) is 0 Å². The molecule has 6 nitrogen and oxygen atoms in total. The van der Waals surface area contributed by atoms with Gasteiger partial charge in [-0.05, 0) is 43.4 Å². The predicted octanol–water partition coefficient (Wildman–Crippen LogP) is 5.04. The fourth-order valence-corrected chi connectivity index (χ4v) is 6.74. The van der Waals surface area contributed by atoms with Gasteiger partial charge in [-0.2, -0.15) is 0 Å². The molecule has 0 saturated heterocycles. The van der Waals surface area contributed by atoms with Gasteiger partial charge >= 0.3 is 5.97 Å². The molecule has 2 N–H and O–H groups in total. The van der Waals surface area contributed by atoms with Crippen molar-refractivity contribution >= 4 is 56.7 Å². The Kier molecular flexibility index (Phi) is 5.80. The van der Waals surface area contributed by atoms with Crippen LogP contribution in [0, 0.1) is 30.6 Å². The van der Waals surface area contributed by atoms with Crippen molar-refractivity contribution in [3.63, 3.8) is 0 Å². The molecule has 0 spiro atoms. The standard InChI is InChI=1S/C25H22N2O4S2/c1-13-2-4-14(5-3-13)19(28)12-32-25-27-18-9-8-17(11-20(18)33-25)26-23(29)21-15-6-7-16(10-15)22(21)24(30)31/h2-9,11,15-16,21-22H,10,12H2,1H3,(H,26,29)(H,30,31)/t15-,16-,21+,22+/m0/s1. The molecule has 8 heteroatoms. The molecule has 1 amide bonds. The zero-order chi connectivity index (χ0) is 23.1. The van der Waals surface area contributed by atoms with Gasteiger partial charge in [-0.1, -0.05) is 53.7 Å². The number of carboxylic acid groups (broad SMARTS) is 1. The minimum absolute atomic E-state index is 0.0164. The third-order valence-electron chi connectivity index (χ3n) is 6.38. The molecular formula is C25H22N2O4S2. The van der Waals surface area contributed by atoms with E-state index in [9.17, 15) is 19.5 Å². The molecule has 2 aromatic carbocycles. The van der Waals surface area contributed by atoms with Gasteiger partial charge in [0.15, 0.2) is 10.1 Å². The van der Waals surface area contributed by atoms with Gasteiger partial charge in [-0.3, -0.25) is 14.4 Å². The van der Waals surface area contributed by atoms with E-state index in [1.165, 1.54) is 23.1 Å². The van der Waals surface area contributed by atoms with Crippen molar-refractivity contribution in [2.75, 3.05) is 11.1 Å². The quantitative estimate of drug-likeness (QED) is 0.281. The minimum Gasteiger partial charge on any atom is -0.481 e. The Morgan fingerprint density at radius 2 is 1.82 bits per heavy atom. The number of nitrogens with zero attached hydrogens (tertiary/aromatic N) is 1. The number of ketones is 1. The number of hydrogen-bond donors (Lipinski definition) is 2. The summed E-state index contributed by atoms with van der Waals surface area (Å²) >= 11 is 2.87. The summed E-state index contributed by atoms with van der Waals surface area (Å²) < 4.78 is 1.69. The molecule has 0 unspecified atom stereocenters. The number of amides is 1. The number of aliphatic carboxylic acids is 1. The number of carboxylic acids is 1. The molecule has 2 aliphatic carbocycles. The molecule has 0 aliphatic heterocycles. The first-order valence-corrected chi connectivity index (χ1v) is 12.5. The van der Waals surface area contributed by atoms with E-state index in [0.717, 1.165) is 26.5 Å². The molecule has 2 aliphatic rings. The van der Waals surface area contributed by atoms with Crippen molar-refractivity contribution in [3.8, 4) is 0 Å². The highest BCUT2D eigenvalue weighted by Gasteiger charge is 2.51. The fraction of sp³-hybridized carbons (Fsp3) is 0.280. The van der Waals surface area contributed by atoms with Crippen molar-refractivity contribution < 1.29 is 19.5 Å². The maximum Gasteiger partial charge on any atom is 0.307 e. The zero-order valence-electron chi connectivity index (χ0n) is 17.9. The van der Waals surface area contributed by atoms with E-state index in [2.05, 4.69) is 10.3 Å². The third kappa shape index (κ3) is 4.32. The Bertz CT molecular complexity index is 1280. The van der Waals surface area contributed by atoms with Crippen LogP contribution >= 0.6 is 23.1 Å². The molecule has 5 rings (SSSR count). The molecule has 2 bridgehead atoms. The number of aromatic nitrogens is 1. The van der Waals surface area contributed by atoms with Crippen molar-refractivity contribution in [2.24, 2.45) is 23.7 Å². The highest BCUT2D eigenvalue weighted by molar-refractivity contribution is 8.01. The summed E-state index contributed by atoms with van der Waals surface area (Å²) in [6, 6.07) is 13.0. The van der Waals surface area contributed by atoms with E-state index in [1.54, 1.807) is 6.07 Å². The molecule has 1 fully saturated rings. The monoisotopic (exact) mass is 478 g/mol. The number of anilines is 1.